The van der Waals surface area contributed by atoms with Crippen molar-refractivity contribution in [1.29, 1.82) is 0 Å². The van der Waals surface area contributed by atoms with Crippen molar-refractivity contribution in [3.63, 3.8) is 0 Å². The highest BCUT2D eigenvalue weighted by Crippen LogP contribution is 2.40. The van der Waals surface area contributed by atoms with Crippen molar-refractivity contribution in [3.8, 4) is 0 Å². The van der Waals surface area contributed by atoms with Gasteiger partial charge in [0.05, 0.1) is 0 Å². The maximum atomic E-state index is 12.1. The zero-order valence-corrected chi connectivity index (χ0v) is 11.8. The highest BCUT2D eigenvalue weighted by molar-refractivity contribution is 5.87. The second-order valence-electron chi connectivity index (χ2n) is 6.39. The second kappa shape index (κ2) is 5.93. The van der Waals surface area contributed by atoms with E-state index in [1.54, 1.807) is 6.92 Å². The molecule has 4 nitrogen and oxygen atoms in total. The Hall–Kier alpha value is -1.06. The number of hydrogen-bond donors (Lipinski definition) is 2. The summed E-state index contributed by atoms with van der Waals surface area (Å²) in [5, 5.41) is 12.1. The number of carbonyl (C=O) groups excluding carboxylic acids is 1. The fourth-order valence-electron chi connectivity index (χ4n) is 3.16. The molecule has 0 aromatic carbocycles. The molecule has 0 bridgehead atoms. The molecule has 2 fully saturated rings. The molecule has 0 radical (unpaired) electrons. The summed E-state index contributed by atoms with van der Waals surface area (Å²) >= 11 is 0. The fourth-order valence-corrected chi connectivity index (χ4v) is 3.16. The van der Waals surface area contributed by atoms with Crippen LogP contribution in [0.5, 0.6) is 0 Å². The van der Waals surface area contributed by atoms with Gasteiger partial charge in [-0.2, -0.15) is 0 Å². The molecule has 0 heterocycles. The van der Waals surface area contributed by atoms with E-state index >= 15 is 0 Å². The maximum Gasteiger partial charge on any atom is 0.329 e. The minimum absolute atomic E-state index is 0.0799. The summed E-state index contributed by atoms with van der Waals surface area (Å²) in [7, 11) is 0. The average molecular weight is 267 g/mol. The Morgan fingerprint density at radius 3 is 2.16 bits per heavy atom. The Balaban J connectivity index is 1.87. The van der Waals surface area contributed by atoms with E-state index in [0.29, 0.717) is 12.3 Å². The molecule has 0 saturated heterocycles. The van der Waals surface area contributed by atoms with Crippen LogP contribution in [0.4, 0.5) is 0 Å². The van der Waals surface area contributed by atoms with Crippen molar-refractivity contribution in [2.45, 2.75) is 70.3 Å². The number of carbonyl (C=O) groups is 2. The van der Waals surface area contributed by atoms with Gasteiger partial charge < -0.3 is 10.4 Å². The maximum absolute atomic E-state index is 12.1. The van der Waals surface area contributed by atoms with Gasteiger partial charge in [0, 0.05) is 6.42 Å². The minimum Gasteiger partial charge on any atom is -0.480 e. The molecule has 0 aromatic rings. The van der Waals surface area contributed by atoms with Crippen molar-refractivity contribution in [2.75, 3.05) is 0 Å². The predicted molar refractivity (Wildman–Crippen MR) is 72.7 cm³/mol. The van der Waals surface area contributed by atoms with Crippen LogP contribution in [-0.2, 0) is 9.59 Å². The third kappa shape index (κ3) is 3.71. The zero-order chi connectivity index (χ0) is 13.9. The fraction of sp³-hybridized carbons (Fsp3) is 0.867. The van der Waals surface area contributed by atoms with Crippen LogP contribution in [0, 0.1) is 11.8 Å². The highest BCUT2D eigenvalue weighted by Gasteiger charge is 2.48. The highest BCUT2D eigenvalue weighted by atomic mass is 16.4. The summed E-state index contributed by atoms with van der Waals surface area (Å²) in [5.74, 6) is -0.421. The molecule has 19 heavy (non-hydrogen) atoms. The average Bonchev–Trinajstić information content (AvgIpc) is 3.16. The first-order valence-corrected chi connectivity index (χ1v) is 7.57. The topological polar surface area (TPSA) is 66.4 Å². The quantitative estimate of drug-likeness (QED) is 0.753. The van der Waals surface area contributed by atoms with Crippen LogP contribution in [0.2, 0.25) is 0 Å². The number of amides is 1. The standard InChI is InChI=1S/C15H25NO3/c1-15(14(18)19,12-8-9-12)16-13(17)10-11-6-4-2-3-5-7-11/h11-12H,2-10H2,1H3,(H,16,17)(H,18,19). The van der Waals surface area contributed by atoms with Gasteiger partial charge in [0.15, 0.2) is 0 Å². The third-order valence-electron chi connectivity index (χ3n) is 4.69. The lowest BCUT2D eigenvalue weighted by Gasteiger charge is -2.27. The zero-order valence-electron chi connectivity index (χ0n) is 11.8. The van der Waals surface area contributed by atoms with Gasteiger partial charge in [-0.15, -0.1) is 0 Å². The van der Waals surface area contributed by atoms with Crippen LogP contribution < -0.4 is 5.32 Å². The Labute approximate surface area is 115 Å². The molecule has 1 unspecified atom stereocenters. The minimum atomic E-state index is -1.05. The van der Waals surface area contributed by atoms with Gasteiger partial charge in [-0.25, -0.2) is 4.79 Å². The first-order chi connectivity index (χ1) is 9.02. The van der Waals surface area contributed by atoms with E-state index in [4.69, 9.17) is 0 Å². The predicted octanol–water partition coefficient (Wildman–Crippen LogP) is 2.72. The first-order valence-electron chi connectivity index (χ1n) is 7.57. The van der Waals surface area contributed by atoms with Crippen molar-refractivity contribution in [2.24, 2.45) is 11.8 Å². The number of rotatable bonds is 5. The van der Waals surface area contributed by atoms with E-state index in [1.165, 1.54) is 25.7 Å². The van der Waals surface area contributed by atoms with Gasteiger partial charge in [-0.05, 0) is 44.4 Å². The molecule has 0 aromatic heterocycles. The molecule has 2 aliphatic rings. The lowest BCUT2D eigenvalue weighted by atomic mass is 9.93. The Kier molecular flexibility index (Phi) is 4.48. The number of nitrogens with one attached hydrogen (secondary N) is 1. The molecular formula is C15H25NO3. The van der Waals surface area contributed by atoms with Crippen LogP contribution in [0.1, 0.15) is 64.7 Å². The molecule has 4 heteroatoms. The third-order valence-corrected chi connectivity index (χ3v) is 4.69. The molecule has 2 saturated carbocycles. The van der Waals surface area contributed by atoms with Crippen LogP contribution in [0.25, 0.3) is 0 Å². The lowest BCUT2D eigenvalue weighted by molar-refractivity contribution is -0.148. The van der Waals surface area contributed by atoms with Crippen molar-refractivity contribution >= 4 is 11.9 Å². The van der Waals surface area contributed by atoms with Gasteiger partial charge in [-0.3, -0.25) is 4.79 Å². The number of carboxylic acid groups (broad SMARTS) is 1. The van der Waals surface area contributed by atoms with E-state index in [2.05, 4.69) is 5.32 Å². The summed E-state index contributed by atoms with van der Waals surface area (Å²) < 4.78 is 0. The molecule has 2 aliphatic carbocycles. The Morgan fingerprint density at radius 1 is 1.11 bits per heavy atom. The van der Waals surface area contributed by atoms with Gasteiger partial charge in [0.2, 0.25) is 5.91 Å². The monoisotopic (exact) mass is 267 g/mol. The lowest BCUT2D eigenvalue weighted by Crippen LogP contribution is -2.54. The Morgan fingerprint density at radius 2 is 1.68 bits per heavy atom. The van der Waals surface area contributed by atoms with Crippen molar-refractivity contribution in [3.05, 3.63) is 0 Å². The van der Waals surface area contributed by atoms with E-state index in [-0.39, 0.29) is 11.8 Å². The molecule has 0 spiro atoms. The molecule has 0 aliphatic heterocycles. The van der Waals surface area contributed by atoms with Crippen LogP contribution in [0.15, 0.2) is 0 Å². The molecule has 1 atom stereocenters. The molecule has 108 valence electrons. The van der Waals surface area contributed by atoms with E-state index < -0.39 is 11.5 Å². The first kappa shape index (κ1) is 14.4. The molecule has 1 amide bonds. The summed E-state index contributed by atoms with van der Waals surface area (Å²) in [5.41, 5.74) is -1.05. The van der Waals surface area contributed by atoms with E-state index in [1.807, 2.05) is 0 Å². The summed E-state index contributed by atoms with van der Waals surface area (Å²) in [6.45, 7) is 1.65. The van der Waals surface area contributed by atoms with Gasteiger partial charge in [-0.1, -0.05) is 25.7 Å². The van der Waals surface area contributed by atoms with Crippen LogP contribution in [0.3, 0.4) is 0 Å². The van der Waals surface area contributed by atoms with Gasteiger partial charge >= 0.3 is 5.97 Å². The number of hydrogen-bond acceptors (Lipinski definition) is 2. The SMILES string of the molecule is CC(NC(=O)CC1CCCCCC1)(C(=O)O)C1CC1. The molecule has 2 rings (SSSR count). The summed E-state index contributed by atoms with van der Waals surface area (Å²) in [6.07, 6.45) is 9.49. The second-order valence-corrected chi connectivity index (χ2v) is 6.39. The van der Waals surface area contributed by atoms with E-state index in [0.717, 1.165) is 25.7 Å². The van der Waals surface area contributed by atoms with Gasteiger partial charge in [0.1, 0.15) is 5.54 Å². The smallest absolute Gasteiger partial charge is 0.329 e. The van der Waals surface area contributed by atoms with Crippen LogP contribution >= 0.6 is 0 Å². The molecular weight excluding hydrogens is 242 g/mol. The molecule has 2 N–H and O–H groups in total. The van der Waals surface area contributed by atoms with Gasteiger partial charge in [0.25, 0.3) is 0 Å². The Bertz CT molecular complexity index is 343. The number of aliphatic carboxylic acids is 1. The van der Waals surface area contributed by atoms with Crippen LogP contribution in [-0.4, -0.2) is 22.5 Å². The van der Waals surface area contributed by atoms with Crippen molar-refractivity contribution in [1.82, 2.24) is 5.32 Å². The van der Waals surface area contributed by atoms with Crippen molar-refractivity contribution < 1.29 is 14.7 Å². The summed E-state index contributed by atoms with van der Waals surface area (Å²) in [6, 6.07) is 0. The summed E-state index contributed by atoms with van der Waals surface area (Å²) in [4.78, 5) is 23.5. The largest absolute Gasteiger partial charge is 0.480 e. The normalized spacial score (nSPS) is 24.3. The van der Waals surface area contributed by atoms with E-state index in [9.17, 15) is 14.7 Å². The number of carboxylic acids is 1.